The molecule has 7 rings (SSSR count). The highest BCUT2D eigenvalue weighted by Gasteiger charge is 2.71. The van der Waals surface area contributed by atoms with Crippen LogP contribution in [0.25, 0.3) is 16.6 Å². The topological polar surface area (TPSA) is 51.0 Å². The van der Waals surface area contributed by atoms with Crippen LogP contribution in [0.4, 0.5) is 8.78 Å². The molecular formula is C31H24F2N4O. The number of fused-ring (bicyclic) bond motifs is 2. The Balaban J connectivity index is 1.30. The van der Waals surface area contributed by atoms with E-state index < -0.39 is 5.82 Å². The number of hydrogen-bond acceptors (Lipinski definition) is 3. The van der Waals surface area contributed by atoms with Crippen molar-refractivity contribution >= 4 is 16.8 Å². The van der Waals surface area contributed by atoms with Crippen molar-refractivity contribution < 1.29 is 13.6 Å². The number of aromatic nitrogens is 3. The molecular weight excluding hydrogens is 482 g/mol. The maximum atomic E-state index is 13.5. The summed E-state index contributed by atoms with van der Waals surface area (Å²) in [4.78, 5) is 19.2. The SMILES string of the molecule is Cc1cc2c(cnn2-c2ccc(F)cc2)cc1[C@@]12CN(C(=O)c3ccc(F)cn3)C[C@@H]1[C@H]2c1ccccc1. The highest BCUT2D eigenvalue weighted by atomic mass is 19.1. The van der Waals surface area contributed by atoms with Crippen LogP contribution in [0.5, 0.6) is 0 Å². The Kier molecular flexibility index (Phi) is 4.98. The molecule has 1 aliphatic carbocycles. The molecule has 0 bridgehead atoms. The molecule has 2 fully saturated rings. The van der Waals surface area contributed by atoms with Crippen LogP contribution in [0.15, 0.2) is 91.3 Å². The van der Waals surface area contributed by atoms with E-state index in [-0.39, 0.29) is 34.7 Å². The van der Waals surface area contributed by atoms with Crippen LogP contribution in [0.3, 0.4) is 0 Å². The lowest BCUT2D eigenvalue weighted by Gasteiger charge is -2.25. The van der Waals surface area contributed by atoms with Crippen LogP contribution in [-0.4, -0.2) is 38.7 Å². The zero-order valence-corrected chi connectivity index (χ0v) is 20.7. The number of carbonyl (C=O) groups excluding carboxylic acids is 1. The Labute approximate surface area is 218 Å². The number of piperidine rings is 1. The van der Waals surface area contributed by atoms with Gasteiger partial charge in [0.1, 0.15) is 17.3 Å². The first-order valence-corrected chi connectivity index (χ1v) is 12.7. The molecule has 3 heterocycles. The van der Waals surface area contributed by atoms with E-state index in [1.165, 1.54) is 35.4 Å². The molecule has 188 valence electrons. The average molecular weight is 507 g/mol. The van der Waals surface area contributed by atoms with Crippen LogP contribution in [-0.2, 0) is 5.41 Å². The zero-order chi connectivity index (χ0) is 26.0. The third-order valence-electron chi connectivity index (χ3n) is 8.26. The van der Waals surface area contributed by atoms with Crippen molar-refractivity contribution in [2.24, 2.45) is 5.92 Å². The van der Waals surface area contributed by atoms with Crippen molar-refractivity contribution in [1.82, 2.24) is 19.7 Å². The predicted octanol–water partition coefficient (Wildman–Crippen LogP) is 5.81. The number of aryl methyl sites for hydroxylation is 1. The fraction of sp³-hybridized carbons (Fsp3) is 0.194. The predicted molar refractivity (Wildman–Crippen MR) is 140 cm³/mol. The summed E-state index contributed by atoms with van der Waals surface area (Å²) < 4.78 is 28.7. The number of nitrogens with zero attached hydrogens (tertiary/aromatic N) is 4. The van der Waals surface area contributed by atoms with Gasteiger partial charge in [0.05, 0.1) is 23.6 Å². The second kappa shape index (κ2) is 8.31. The van der Waals surface area contributed by atoms with Crippen LogP contribution < -0.4 is 0 Å². The third kappa shape index (κ3) is 3.38. The quantitative estimate of drug-likeness (QED) is 0.309. The fourth-order valence-electron chi connectivity index (χ4n) is 6.55. The molecule has 2 aromatic heterocycles. The van der Waals surface area contributed by atoms with Gasteiger partial charge in [-0.3, -0.25) is 4.79 Å². The van der Waals surface area contributed by atoms with Crippen LogP contribution >= 0.6 is 0 Å². The van der Waals surface area contributed by atoms with Gasteiger partial charge in [0.25, 0.3) is 5.91 Å². The Hall–Kier alpha value is -4.39. The van der Waals surface area contributed by atoms with Gasteiger partial charge in [-0.1, -0.05) is 30.3 Å². The second-order valence-corrected chi connectivity index (χ2v) is 10.3. The summed E-state index contributed by atoms with van der Waals surface area (Å²) >= 11 is 0. The molecule has 0 radical (unpaired) electrons. The molecule has 0 N–H and O–H groups in total. The second-order valence-electron chi connectivity index (χ2n) is 10.3. The molecule has 38 heavy (non-hydrogen) atoms. The molecule has 3 atom stereocenters. The summed E-state index contributed by atoms with van der Waals surface area (Å²) in [6.45, 7) is 3.28. The molecule has 1 amide bonds. The molecule has 0 spiro atoms. The largest absolute Gasteiger partial charge is 0.336 e. The molecule has 1 saturated carbocycles. The summed E-state index contributed by atoms with van der Waals surface area (Å²) in [6, 6.07) is 23.8. The smallest absolute Gasteiger partial charge is 0.272 e. The highest BCUT2D eigenvalue weighted by Crippen LogP contribution is 2.69. The van der Waals surface area contributed by atoms with Gasteiger partial charge in [0, 0.05) is 29.8 Å². The maximum absolute atomic E-state index is 13.5. The summed E-state index contributed by atoms with van der Waals surface area (Å²) in [6.07, 6.45) is 2.93. The Morgan fingerprint density at radius 2 is 1.71 bits per heavy atom. The fourth-order valence-corrected chi connectivity index (χ4v) is 6.55. The zero-order valence-electron chi connectivity index (χ0n) is 20.7. The van der Waals surface area contributed by atoms with Crippen molar-refractivity contribution in [2.75, 3.05) is 13.1 Å². The van der Waals surface area contributed by atoms with Gasteiger partial charge in [-0.15, -0.1) is 0 Å². The first-order chi connectivity index (χ1) is 18.5. The summed E-state index contributed by atoms with van der Waals surface area (Å²) in [5.41, 5.74) is 5.38. The molecule has 5 aromatic rings. The maximum Gasteiger partial charge on any atom is 0.272 e. The van der Waals surface area contributed by atoms with E-state index in [1.54, 1.807) is 12.1 Å². The standard InChI is InChI=1S/C31H24F2N4O/c1-19-13-28-21(15-35-37(28)24-10-7-22(32)8-11-24)14-25(19)31-18-36(30(38)27-12-9-23(33)16-34-27)17-26(31)29(31)20-5-3-2-4-6-20/h2-16,26,29H,17-18H2,1H3/t26-,29-,31+/m1/s1. The van der Waals surface area contributed by atoms with Gasteiger partial charge in [0.15, 0.2) is 0 Å². The lowest BCUT2D eigenvalue weighted by molar-refractivity contribution is 0.0763. The number of pyridine rings is 1. The third-order valence-corrected chi connectivity index (χ3v) is 8.26. The van der Waals surface area contributed by atoms with E-state index in [9.17, 15) is 13.6 Å². The molecule has 7 heteroatoms. The van der Waals surface area contributed by atoms with Crippen molar-refractivity contribution in [3.63, 3.8) is 0 Å². The Morgan fingerprint density at radius 3 is 2.45 bits per heavy atom. The molecule has 2 aliphatic rings. The average Bonchev–Trinajstić information content (AvgIpc) is 3.19. The van der Waals surface area contributed by atoms with Gasteiger partial charge >= 0.3 is 0 Å². The molecule has 0 unspecified atom stereocenters. The van der Waals surface area contributed by atoms with Crippen molar-refractivity contribution in [2.45, 2.75) is 18.3 Å². The van der Waals surface area contributed by atoms with E-state index in [0.717, 1.165) is 28.4 Å². The Morgan fingerprint density at radius 1 is 0.947 bits per heavy atom. The minimum atomic E-state index is -0.462. The van der Waals surface area contributed by atoms with E-state index in [1.807, 2.05) is 21.8 Å². The Bertz CT molecular complexity index is 1680. The van der Waals surface area contributed by atoms with Crippen LogP contribution in [0.2, 0.25) is 0 Å². The lowest BCUT2D eigenvalue weighted by atomic mass is 9.86. The van der Waals surface area contributed by atoms with Crippen molar-refractivity contribution in [3.05, 3.63) is 125 Å². The lowest BCUT2D eigenvalue weighted by Crippen LogP contribution is -2.35. The number of carbonyl (C=O) groups is 1. The van der Waals surface area contributed by atoms with Gasteiger partial charge in [0.2, 0.25) is 0 Å². The number of amides is 1. The van der Waals surface area contributed by atoms with E-state index in [0.29, 0.717) is 13.1 Å². The number of benzene rings is 3. The van der Waals surface area contributed by atoms with E-state index in [4.69, 9.17) is 0 Å². The molecule has 5 nitrogen and oxygen atoms in total. The molecule has 1 aliphatic heterocycles. The molecule has 3 aromatic carbocycles. The number of rotatable bonds is 4. The minimum absolute atomic E-state index is 0.175. The van der Waals surface area contributed by atoms with E-state index >= 15 is 0 Å². The van der Waals surface area contributed by atoms with Crippen LogP contribution in [0.1, 0.15) is 33.1 Å². The van der Waals surface area contributed by atoms with Crippen molar-refractivity contribution in [1.29, 1.82) is 0 Å². The highest BCUT2D eigenvalue weighted by molar-refractivity contribution is 5.93. The molecule has 1 saturated heterocycles. The van der Waals surface area contributed by atoms with Gasteiger partial charge in [-0.25, -0.2) is 18.4 Å². The normalized spacial score (nSPS) is 22.0. The van der Waals surface area contributed by atoms with Crippen molar-refractivity contribution in [3.8, 4) is 5.69 Å². The van der Waals surface area contributed by atoms with Gasteiger partial charge in [-0.2, -0.15) is 5.10 Å². The first-order valence-electron chi connectivity index (χ1n) is 12.7. The van der Waals surface area contributed by atoms with Gasteiger partial charge in [-0.05, 0) is 78.1 Å². The summed E-state index contributed by atoms with van der Waals surface area (Å²) in [5.74, 6) is -0.372. The van der Waals surface area contributed by atoms with E-state index in [2.05, 4.69) is 53.4 Å². The monoisotopic (exact) mass is 506 g/mol. The minimum Gasteiger partial charge on any atom is -0.336 e. The van der Waals surface area contributed by atoms with Gasteiger partial charge < -0.3 is 4.90 Å². The van der Waals surface area contributed by atoms with Crippen LogP contribution in [0, 0.1) is 24.5 Å². The number of halogens is 2. The number of likely N-dealkylation sites (tertiary alicyclic amines) is 1. The summed E-state index contributed by atoms with van der Waals surface area (Å²) in [5, 5.41) is 5.59. The number of hydrogen-bond donors (Lipinski definition) is 0. The summed E-state index contributed by atoms with van der Waals surface area (Å²) in [7, 11) is 0. The first kappa shape index (κ1) is 22.8.